The van der Waals surface area contributed by atoms with Crippen molar-refractivity contribution in [2.75, 3.05) is 19.7 Å². The normalized spacial score (nSPS) is 12.9. The van der Waals surface area contributed by atoms with Crippen molar-refractivity contribution < 1.29 is 5.11 Å². The third-order valence-electron chi connectivity index (χ3n) is 2.84. The van der Waals surface area contributed by atoms with Crippen molar-refractivity contribution in [3.05, 3.63) is 18.0 Å². The summed E-state index contributed by atoms with van der Waals surface area (Å²) in [4.78, 5) is 0. The number of aliphatic hydroxyl groups is 1. The van der Waals surface area contributed by atoms with E-state index in [4.69, 9.17) is 5.11 Å². The van der Waals surface area contributed by atoms with Crippen LogP contribution in [0.5, 0.6) is 0 Å². The molecule has 0 fully saturated rings. The molecule has 16 heavy (non-hydrogen) atoms. The van der Waals surface area contributed by atoms with E-state index in [0.29, 0.717) is 12.5 Å². The highest BCUT2D eigenvalue weighted by molar-refractivity contribution is 5.00. The van der Waals surface area contributed by atoms with Gasteiger partial charge in [-0.15, -0.1) is 0 Å². The predicted molar refractivity (Wildman–Crippen MR) is 65.3 cm³/mol. The van der Waals surface area contributed by atoms with E-state index in [1.54, 1.807) is 0 Å². The molecule has 0 bridgehead atoms. The molecule has 0 aromatic carbocycles. The Morgan fingerprint density at radius 1 is 1.50 bits per heavy atom. The number of hydrogen-bond donors (Lipinski definition) is 2. The molecule has 0 aliphatic rings. The summed E-state index contributed by atoms with van der Waals surface area (Å²) in [6.07, 6.45) is 5.08. The molecule has 0 aliphatic heterocycles. The largest absolute Gasteiger partial charge is 0.396 e. The molecule has 0 radical (unpaired) electrons. The molecule has 0 saturated heterocycles. The maximum Gasteiger partial charge on any atom is 0.0492 e. The topological polar surface area (TPSA) is 50.1 Å². The maximum absolute atomic E-state index is 8.86. The molecular formula is C12H23N3O. The van der Waals surface area contributed by atoms with E-state index in [1.165, 1.54) is 5.69 Å². The number of hydrogen-bond acceptors (Lipinski definition) is 3. The van der Waals surface area contributed by atoms with Gasteiger partial charge in [0.2, 0.25) is 0 Å². The van der Waals surface area contributed by atoms with Gasteiger partial charge in [-0.25, -0.2) is 0 Å². The maximum atomic E-state index is 8.86. The number of nitrogens with zero attached hydrogens (tertiary/aromatic N) is 2. The Balaban J connectivity index is 1.98. The highest BCUT2D eigenvalue weighted by atomic mass is 16.3. The zero-order valence-corrected chi connectivity index (χ0v) is 10.3. The number of rotatable bonds is 8. The van der Waals surface area contributed by atoms with Crippen LogP contribution in [0.2, 0.25) is 0 Å². The van der Waals surface area contributed by atoms with Gasteiger partial charge >= 0.3 is 0 Å². The summed E-state index contributed by atoms with van der Waals surface area (Å²) in [6.45, 7) is 4.40. The highest BCUT2D eigenvalue weighted by Crippen LogP contribution is 2.02. The molecular weight excluding hydrogens is 202 g/mol. The van der Waals surface area contributed by atoms with Crippen LogP contribution < -0.4 is 5.32 Å². The van der Waals surface area contributed by atoms with Crippen molar-refractivity contribution in [2.45, 2.75) is 26.2 Å². The fraction of sp³-hybridized carbons (Fsp3) is 0.750. The van der Waals surface area contributed by atoms with Crippen molar-refractivity contribution in [3.63, 3.8) is 0 Å². The second-order valence-electron chi connectivity index (χ2n) is 4.38. The first-order chi connectivity index (χ1) is 7.74. The second-order valence-corrected chi connectivity index (χ2v) is 4.38. The molecule has 1 atom stereocenters. The summed E-state index contributed by atoms with van der Waals surface area (Å²) < 4.78 is 1.91. The average molecular weight is 225 g/mol. The summed E-state index contributed by atoms with van der Waals surface area (Å²) in [6, 6.07) is 2.05. The minimum atomic E-state index is 0.301. The average Bonchev–Trinajstić information content (AvgIpc) is 2.69. The van der Waals surface area contributed by atoms with Gasteiger partial charge in [0.15, 0.2) is 0 Å². The van der Waals surface area contributed by atoms with Gasteiger partial charge in [-0.05, 0) is 31.4 Å². The van der Waals surface area contributed by atoms with Gasteiger partial charge in [0.25, 0.3) is 0 Å². The van der Waals surface area contributed by atoms with E-state index in [9.17, 15) is 0 Å². The molecule has 0 saturated carbocycles. The zero-order chi connectivity index (χ0) is 11.8. The van der Waals surface area contributed by atoms with E-state index in [0.717, 1.165) is 32.4 Å². The van der Waals surface area contributed by atoms with Gasteiger partial charge in [-0.1, -0.05) is 6.92 Å². The first-order valence-electron chi connectivity index (χ1n) is 6.02. The smallest absolute Gasteiger partial charge is 0.0492 e. The molecule has 1 aromatic rings. The van der Waals surface area contributed by atoms with Gasteiger partial charge in [-0.3, -0.25) is 4.68 Å². The molecule has 4 nitrogen and oxygen atoms in total. The van der Waals surface area contributed by atoms with Gasteiger partial charge in [0, 0.05) is 38.5 Å². The fourth-order valence-electron chi connectivity index (χ4n) is 1.65. The quantitative estimate of drug-likeness (QED) is 0.648. The van der Waals surface area contributed by atoms with Gasteiger partial charge in [-0.2, -0.15) is 5.10 Å². The number of aryl methyl sites for hydroxylation is 1. The molecule has 1 unspecified atom stereocenters. The van der Waals surface area contributed by atoms with Crippen LogP contribution in [-0.4, -0.2) is 34.6 Å². The molecule has 0 spiro atoms. The minimum absolute atomic E-state index is 0.301. The lowest BCUT2D eigenvalue weighted by atomic mass is 10.1. The van der Waals surface area contributed by atoms with Crippen molar-refractivity contribution in [1.29, 1.82) is 0 Å². The second kappa shape index (κ2) is 7.41. The minimum Gasteiger partial charge on any atom is -0.396 e. The molecule has 0 amide bonds. The van der Waals surface area contributed by atoms with Crippen molar-refractivity contribution in [1.82, 2.24) is 15.1 Å². The van der Waals surface area contributed by atoms with E-state index < -0.39 is 0 Å². The third-order valence-corrected chi connectivity index (χ3v) is 2.84. The zero-order valence-electron chi connectivity index (χ0n) is 10.3. The Morgan fingerprint density at radius 3 is 2.94 bits per heavy atom. The Kier molecular flexibility index (Phi) is 6.11. The van der Waals surface area contributed by atoms with Crippen LogP contribution in [0.15, 0.2) is 12.3 Å². The summed E-state index contributed by atoms with van der Waals surface area (Å²) >= 11 is 0. The number of aromatic nitrogens is 2. The van der Waals surface area contributed by atoms with Gasteiger partial charge in [0.05, 0.1) is 0 Å². The van der Waals surface area contributed by atoms with Crippen molar-refractivity contribution >= 4 is 0 Å². The van der Waals surface area contributed by atoms with Crippen LogP contribution >= 0.6 is 0 Å². The Hall–Kier alpha value is -0.870. The first kappa shape index (κ1) is 13.2. The van der Waals surface area contributed by atoms with E-state index >= 15 is 0 Å². The first-order valence-corrected chi connectivity index (χ1v) is 6.02. The lowest BCUT2D eigenvalue weighted by molar-refractivity contribution is 0.228. The molecule has 2 N–H and O–H groups in total. The predicted octanol–water partition coefficient (Wildman–Crippen LogP) is 0.961. The standard InChI is InChI=1S/C12H23N3O/c1-11(10-16)4-3-7-13-8-5-12-6-9-14-15(12)2/h6,9,11,13,16H,3-5,7-8,10H2,1-2H3. The number of aliphatic hydroxyl groups excluding tert-OH is 1. The molecule has 4 heteroatoms. The molecule has 92 valence electrons. The summed E-state index contributed by atoms with van der Waals surface area (Å²) in [5.74, 6) is 0.430. The monoisotopic (exact) mass is 225 g/mol. The van der Waals surface area contributed by atoms with Crippen LogP contribution in [-0.2, 0) is 13.5 Å². The summed E-state index contributed by atoms with van der Waals surface area (Å²) in [5.41, 5.74) is 1.26. The SMILES string of the molecule is CC(CO)CCCNCCc1ccnn1C. The Bertz CT molecular complexity index is 286. The van der Waals surface area contributed by atoms with Crippen LogP contribution in [0.3, 0.4) is 0 Å². The van der Waals surface area contributed by atoms with Crippen molar-refractivity contribution in [3.8, 4) is 0 Å². The lowest BCUT2D eigenvalue weighted by Gasteiger charge is -2.08. The molecule has 1 rings (SSSR count). The van der Waals surface area contributed by atoms with Gasteiger partial charge < -0.3 is 10.4 Å². The van der Waals surface area contributed by atoms with Crippen LogP contribution in [0, 0.1) is 5.92 Å². The van der Waals surface area contributed by atoms with E-state index in [2.05, 4.69) is 23.4 Å². The van der Waals surface area contributed by atoms with Crippen LogP contribution in [0.4, 0.5) is 0 Å². The van der Waals surface area contributed by atoms with Gasteiger partial charge in [0.1, 0.15) is 0 Å². The van der Waals surface area contributed by atoms with Crippen LogP contribution in [0.1, 0.15) is 25.5 Å². The van der Waals surface area contributed by atoms with Crippen molar-refractivity contribution in [2.24, 2.45) is 13.0 Å². The molecule has 1 aromatic heterocycles. The third kappa shape index (κ3) is 4.77. The highest BCUT2D eigenvalue weighted by Gasteiger charge is 2.00. The molecule has 0 aliphatic carbocycles. The molecule has 1 heterocycles. The summed E-state index contributed by atoms with van der Waals surface area (Å²) in [5, 5.41) is 16.4. The Labute approximate surface area is 97.7 Å². The lowest BCUT2D eigenvalue weighted by Crippen LogP contribution is -2.20. The summed E-state index contributed by atoms with van der Waals surface area (Å²) in [7, 11) is 1.97. The van der Waals surface area contributed by atoms with E-state index in [-0.39, 0.29) is 0 Å². The van der Waals surface area contributed by atoms with Crippen LogP contribution in [0.25, 0.3) is 0 Å². The Morgan fingerprint density at radius 2 is 2.31 bits per heavy atom. The number of nitrogens with one attached hydrogen (secondary N) is 1. The fourth-order valence-corrected chi connectivity index (χ4v) is 1.65. The van der Waals surface area contributed by atoms with E-state index in [1.807, 2.05) is 17.9 Å².